The quantitative estimate of drug-likeness (QED) is 0.404. The molecule has 1 atom stereocenters. The van der Waals surface area contributed by atoms with Crippen LogP contribution < -0.4 is 16.3 Å². The molecule has 5 rings (SSSR count). The minimum Gasteiger partial charge on any atom is -0.460 e. The Morgan fingerprint density at radius 2 is 1.78 bits per heavy atom. The number of carbonyl (C=O) groups is 3. The van der Waals surface area contributed by atoms with Gasteiger partial charge in [-0.1, -0.05) is 36.4 Å². The molecule has 36 heavy (non-hydrogen) atoms. The number of nitrogens with one attached hydrogen (secondary N) is 2. The van der Waals surface area contributed by atoms with E-state index in [0.29, 0.717) is 30.3 Å². The van der Waals surface area contributed by atoms with Gasteiger partial charge < -0.3 is 10.1 Å². The molecule has 3 heterocycles. The Morgan fingerprint density at radius 1 is 1.03 bits per heavy atom. The number of benzene rings is 2. The van der Waals surface area contributed by atoms with Gasteiger partial charge in [0.05, 0.1) is 16.4 Å². The molecular formula is C27H30N4O5. The first-order chi connectivity index (χ1) is 17.4. The zero-order valence-corrected chi connectivity index (χ0v) is 20.3. The van der Waals surface area contributed by atoms with Crippen molar-refractivity contribution in [1.29, 1.82) is 0 Å². The summed E-state index contributed by atoms with van der Waals surface area (Å²) in [6, 6.07) is 14.6. The van der Waals surface area contributed by atoms with Gasteiger partial charge in [-0.05, 0) is 62.0 Å². The fraction of sp³-hybridized carbons (Fsp3) is 0.407. The monoisotopic (exact) mass is 490 g/mol. The fourth-order valence-electron chi connectivity index (χ4n) is 5.37. The van der Waals surface area contributed by atoms with Crippen molar-refractivity contribution in [3.05, 3.63) is 70.1 Å². The number of piperidine rings is 2. The van der Waals surface area contributed by atoms with Crippen LogP contribution in [0.1, 0.15) is 42.9 Å². The van der Waals surface area contributed by atoms with E-state index in [-0.39, 0.29) is 37.0 Å². The van der Waals surface area contributed by atoms with Crippen molar-refractivity contribution in [2.24, 2.45) is 12.5 Å². The summed E-state index contributed by atoms with van der Waals surface area (Å²) < 4.78 is 8.77. The van der Waals surface area contributed by atoms with Gasteiger partial charge in [0, 0.05) is 13.5 Å². The highest BCUT2D eigenvalue weighted by molar-refractivity contribution is 6.00. The van der Waals surface area contributed by atoms with E-state index in [9.17, 15) is 19.2 Å². The highest BCUT2D eigenvalue weighted by atomic mass is 16.5. The van der Waals surface area contributed by atoms with Crippen molar-refractivity contribution in [3.8, 4) is 0 Å². The maximum absolute atomic E-state index is 13.4. The number of imide groups is 1. The van der Waals surface area contributed by atoms with Crippen molar-refractivity contribution in [2.75, 3.05) is 13.1 Å². The standard InChI is InChI=1S/C27H30N4O5/c1-30-22-15-19(7-8-20(22)31(26(30)35)21-9-10-23(32)29-24(21)33)16-27(11-13-28-14-12-27)25(34)36-17-18-5-3-2-4-6-18/h2-8,15,21,28H,9-14,16-17H2,1H3,(H,29,32,33). The molecule has 2 saturated heterocycles. The average molecular weight is 491 g/mol. The van der Waals surface area contributed by atoms with Crippen molar-refractivity contribution in [1.82, 2.24) is 19.8 Å². The predicted molar refractivity (Wildman–Crippen MR) is 133 cm³/mol. The van der Waals surface area contributed by atoms with Crippen LogP contribution in [-0.4, -0.2) is 40.0 Å². The number of fused-ring (bicyclic) bond motifs is 1. The number of ether oxygens (including phenoxy) is 1. The molecule has 0 radical (unpaired) electrons. The SMILES string of the molecule is Cn1c(=O)n(C2CCC(=O)NC2=O)c2ccc(CC3(C(=O)OCc4ccccc4)CCNCC3)cc21. The smallest absolute Gasteiger partial charge is 0.329 e. The van der Waals surface area contributed by atoms with Gasteiger partial charge in [-0.3, -0.25) is 28.8 Å². The molecule has 0 saturated carbocycles. The second-order valence-electron chi connectivity index (χ2n) is 9.77. The van der Waals surface area contributed by atoms with Gasteiger partial charge in [0.25, 0.3) is 0 Å². The van der Waals surface area contributed by atoms with E-state index in [0.717, 1.165) is 24.2 Å². The lowest BCUT2D eigenvalue weighted by Crippen LogP contribution is -2.44. The van der Waals surface area contributed by atoms with E-state index in [2.05, 4.69) is 10.6 Å². The van der Waals surface area contributed by atoms with Crippen molar-refractivity contribution in [3.63, 3.8) is 0 Å². The number of carbonyl (C=O) groups excluding carboxylic acids is 3. The van der Waals surface area contributed by atoms with Crippen LogP contribution in [0.4, 0.5) is 0 Å². The Kier molecular flexibility index (Phi) is 6.49. The molecule has 2 aliphatic heterocycles. The average Bonchev–Trinajstić information content (AvgIpc) is 3.13. The highest BCUT2D eigenvalue weighted by Gasteiger charge is 2.41. The van der Waals surface area contributed by atoms with Crippen LogP contribution in [-0.2, 0) is 39.2 Å². The number of imidazole rings is 1. The van der Waals surface area contributed by atoms with Crippen molar-refractivity contribution < 1.29 is 19.1 Å². The predicted octanol–water partition coefficient (Wildman–Crippen LogP) is 1.97. The third kappa shape index (κ3) is 4.46. The number of amides is 2. The van der Waals surface area contributed by atoms with Crippen molar-refractivity contribution >= 4 is 28.8 Å². The normalized spacial score (nSPS) is 19.8. The van der Waals surface area contributed by atoms with E-state index < -0.39 is 17.4 Å². The topological polar surface area (TPSA) is 111 Å². The van der Waals surface area contributed by atoms with Crippen molar-refractivity contribution in [2.45, 2.75) is 44.8 Å². The Bertz CT molecular complexity index is 1370. The van der Waals surface area contributed by atoms with Crippen LogP contribution in [0.15, 0.2) is 53.3 Å². The number of aryl methyl sites for hydroxylation is 1. The van der Waals surface area contributed by atoms with Crippen LogP contribution >= 0.6 is 0 Å². The van der Waals surface area contributed by atoms with Gasteiger partial charge in [-0.15, -0.1) is 0 Å². The van der Waals surface area contributed by atoms with Gasteiger partial charge in [-0.25, -0.2) is 4.79 Å². The Morgan fingerprint density at radius 3 is 2.50 bits per heavy atom. The largest absolute Gasteiger partial charge is 0.460 e. The number of nitrogens with zero attached hydrogens (tertiary/aromatic N) is 2. The Hall–Kier alpha value is -3.72. The minimum atomic E-state index is -0.728. The molecule has 2 fully saturated rings. The van der Waals surface area contributed by atoms with E-state index in [1.54, 1.807) is 7.05 Å². The molecule has 3 aromatic rings. The molecule has 2 amide bonds. The Balaban J connectivity index is 1.43. The molecule has 0 bridgehead atoms. The number of rotatable bonds is 6. The summed E-state index contributed by atoms with van der Waals surface area (Å²) in [6.45, 7) is 1.69. The number of esters is 1. The van der Waals surface area contributed by atoms with Crippen LogP contribution in [0.3, 0.4) is 0 Å². The molecule has 2 aliphatic rings. The van der Waals surface area contributed by atoms with E-state index in [1.807, 2.05) is 48.5 Å². The summed E-state index contributed by atoms with van der Waals surface area (Å²) in [5.41, 5.74) is 2.23. The van der Waals surface area contributed by atoms with Gasteiger partial charge >= 0.3 is 11.7 Å². The van der Waals surface area contributed by atoms with Gasteiger partial charge in [0.2, 0.25) is 11.8 Å². The molecule has 1 aromatic heterocycles. The molecule has 9 nitrogen and oxygen atoms in total. The first-order valence-electron chi connectivity index (χ1n) is 12.3. The summed E-state index contributed by atoms with van der Waals surface area (Å²) in [5.74, 6) is -0.985. The second-order valence-corrected chi connectivity index (χ2v) is 9.77. The van der Waals surface area contributed by atoms with Crippen LogP contribution in [0.2, 0.25) is 0 Å². The maximum atomic E-state index is 13.4. The minimum absolute atomic E-state index is 0.193. The first kappa shape index (κ1) is 24.0. The molecule has 9 heteroatoms. The van der Waals surface area contributed by atoms with Crippen LogP contribution in [0, 0.1) is 5.41 Å². The fourth-order valence-corrected chi connectivity index (χ4v) is 5.37. The van der Waals surface area contributed by atoms with Gasteiger partial charge in [-0.2, -0.15) is 0 Å². The molecule has 1 unspecified atom stereocenters. The first-order valence-corrected chi connectivity index (χ1v) is 12.3. The lowest BCUT2D eigenvalue weighted by atomic mass is 9.74. The molecular weight excluding hydrogens is 460 g/mol. The molecule has 2 N–H and O–H groups in total. The van der Waals surface area contributed by atoms with E-state index >= 15 is 0 Å². The summed E-state index contributed by atoms with van der Waals surface area (Å²) >= 11 is 0. The summed E-state index contributed by atoms with van der Waals surface area (Å²) in [4.78, 5) is 50.5. The van der Waals surface area contributed by atoms with E-state index in [1.165, 1.54) is 9.13 Å². The number of hydrogen-bond donors (Lipinski definition) is 2. The van der Waals surface area contributed by atoms with Crippen LogP contribution in [0.25, 0.3) is 11.0 Å². The third-order valence-corrected chi connectivity index (χ3v) is 7.42. The molecule has 188 valence electrons. The third-order valence-electron chi connectivity index (χ3n) is 7.42. The lowest BCUT2D eigenvalue weighted by Gasteiger charge is -2.35. The maximum Gasteiger partial charge on any atom is 0.329 e. The van der Waals surface area contributed by atoms with Crippen LogP contribution in [0.5, 0.6) is 0 Å². The Labute approximate surface area is 208 Å². The molecule has 2 aromatic carbocycles. The molecule has 0 aliphatic carbocycles. The molecule has 0 spiro atoms. The van der Waals surface area contributed by atoms with E-state index in [4.69, 9.17) is 4.74 Å². The summed E-state index contributed by atoms with van der Waals surface area (Å²) in [7, 11) is 1.67. The highest BCUT2D eigenvalue weighted by Crippen LogP contribution is 2.36. The summed E-state index contributed by atoms with van der Waals surface area (Å²) in [6.07, 6.45) is 2.30. The second kappa shape index (κ2) is 9.73. The lowest BCUT2D eigenvalue weighted by molar-refractivity contribution is -0.159. The number of hydrogen-bond acceptors (Lipinski definition) is 6. The number of aromatic nitrogens is 2. The zero-order chi connectivity index (χ0) is 25.3. The van der Waals surface area contributed by atoms with Gasteiger partial charge in [0.15, 0.2) is 0 Å². The summed E-state index contributed by atoms with van der Waals surface area (Å²) in [5, 5.41) is 5.66. The van der Waals surface area contributed by atoms with Gasteiger partial charge in [0.1, 0.15) is 12.6 Å². The zero-order valence-electron chi connectivity index (χ0n) is 20.3.